The summed E-state index contributed by atoms with van der Waals surface area (Å²) in [5.41, 5.74) is 6.93. The Labute approximate surface area is 85.7 Å². The Balaban J connectivity index is 2.71. The highest BCUT2D eigenvalue weighted by Crippen LogP contribution is 2.10. The summed E-state index contributed by atoms with van der Waals surface area (Å²) in [7, 11) is 4.15. The van der Waals surface area contributed by atoms with E-state index in [1.807, 2.05) is 19.4 Å². The van der Waals surface area contributed by atoms with Gasteiger partial charge in [-0.25, -0.2) is 4.98 Å². The second-order valence-corrected chi connectivity index (χ2v) is 4.07. The van der Waals surface area contributed by atoms with Crippen LogP contribution in [0.4, 0.5) is 0 Å². The van der Waals surface area contributed by atoms with Gasteiger partial charge in [0.15, 0.2) is 0 Å². The fraction of sp³-hybridized carbons (Fsp3) is 0.700. The van der Waals surface area contributed by atoms with Gasteiger partial charge in [-0.1, -0.05) is 0 Å². The van der Waals surface area contributed by atoms with Crippen LogP contribution in [0.2, 0.25) is 0 Å². The number of hydrogen-bond donors (Lipinski definition) is 1. The fourth-order valence-electron chi connectivity index (χ4n) is 1.31. The van der Waals surface area contributed by atoms with Gasteiger partial charge in [-0.2, -0.15) is 0 Å². The molecule has 1 heterocycles. The molecule has 0 amide bonds. The largest absolute Gasteiger partial charge is 0.332 e. The summed E-state index contributed by atoms with van der Waals surface area (Å²) in [6.07, 6.45) is 3.69. The maximum atomic E-state index is 5.84. The number of rotatable bonds is 4. The zero-order chi connectivity index (χ0) is 10.7. The Morgan fingerprint density at radius 1 is 1.50 bits per heavy atom. The third-order valence-corrected chi connectivity index (χ3v) is 2.55. The van der Waals surface area contributed by atoms with Crippen LogP contribution in [0.3, 0.4) is 0 Å². The van der Waals surface area contributed by atoms with Crippen LogP contribution in [0.5, 0.6) is 0 Å². The highest BCUT2D eigenvalue weighted by molar-refractivity contribution is 5.03. The fourth-order valence-corrected chi connectivity index (χ4v) is 1.31. The van der Waals surface area contributed by atoms with Gasteiger partial charge in [0, 0.05) is 24.8 Å². The van der Waals surface area contributed by atoms with Crippen LogP contribution in [-0.2, 0) is 6.54 Å². The maximum absolute atomic E-state index is 5.84. The quantitative estimate of drug-likeness (QED) is 0.776. The monoisotopic (exact) mass is 196 g/mol. The molecule has 1 aromatic heterocycles. The summed E-state index contributed by atoms with van der Waals surface area (Å²) in [6, 6.07) is 0.536. The molecule has 0 aliphatic heterocycles. The minimum atomic E-state index is 0.0480. The Morgan fingerprint density at radius 2 is 2.14 bits per heavy atom. The lowest BCUT2D eigenvalue weighted by molar-refractivity contribution is 0.281. The van der Waals surface area contributed by atoms with Gasteiger partial charge in [-0.15, -0.1) is 0 Å². The molecule has 0 spiro atoms. The molecule has 0 radical (unpaired) electrons. The van der Waals surface area contributed by atoms with Crippen LogP contribution in [0, 0.1) is 0 Å². The lowest BCUT2D eigenvalue weighted by atomic mass is 10.2. The SMILES string of the molecule is CC(N)c1cncn1CC(C)N(C)C. The number of nitrogens with two attached hydrogens (primary N) is 1. The first-order valence-corrected chi connectivity index (χ1v) is 4.94. The van der Waals surface area contributed by atoms with Gasteiger partial charge in [0.2, 0.25) is 0 Å². The standard InChI is InChI=1S/C10H20N4/c1-8(13(3)4)6-14-7-12-5-10(14)9(2)11/h5,7-9H,6,11H2,1-4H3. The van der Waals surface area contributed by atoms with Crippen LogP contribution >= 0.6 is 0 Å². The summed E-state index contributed by atoms with van der Waals surface area (Å²) < 4.78 is 2.12. The van der Waals surface area contributed by atoms with Crippen molar-refractivity contribution in [2.75, 3.05) is 14.1 Å². The molecular weight excluding hydrogens is 176 g/mol. The lowest BCUT2D eigenvalue weighted by Gasteiger charge is -2.21. The number of hydrogen-bond acceptors (Lipinski definition) is 3. The highest BCUT2D eigenvalue weighted by atomic mass is 15.1. The molecule has 1 aromatic rings. The van der Waals surface area contributed by atoms with Crippen molar-refractivity contribution in [3.8, 4) is 0 Å². The van der Waals surface area contributed by atoms with Crippen molar-refractivity contribution < 1.29 is 0 Å². The van der Waals surface area contributed by atoms with E-state index in [1.165, 1.54) is 0 Å². The Bertz CT molecular complexity index is 277. The van der Waals surface area contributed by atoms with E-state index in [2.05, 4.69) is 35.5 Å². The molecule has 0 aromatic carbocycles. The topological polar surface area (TPSA) is 47.1 Å². The molecule has 2 atom stereocenters. The maximum Gasteiger partial charge on any atom is 0.0949 e. The molecule has 0 saturated heterocycles. The van der Waals surface area contributed by atoms with Gasteiger partial charge in [-0.3, -0.25) is 0 Å². The molecule has 0 saturated carbocycles. The van der Waals surface area contributed by atoms with E-state index in [4.69, 9.17) is 5.73 Å². The van der Waals surface area contributed by atoms with Crippen LogP contribution in [0.25, 0.3) is 0 Å². The van der Waals surface area contributed by atoms with Gasteiger partial charge in [-0.05, 0) is 27.9 Å². The van der Waals surface area contributed by atoms with E-state index in [9.17, 15) is 0 Å². The molecule has 1 rings (SSSR count). The molecule has 2 N–H and O–H groups in total. The Kier molecular flexibility index (Phi) is 3.66. The second-order valence-electron chi connectivity index (χ2n) is 4.07. The van der Waals surface area contributed by atoms with Gasteiger partial charge in [0.1, 0.15) is 0 Å². The van der Waals surface area contributed by atoms with Crippen LogP contribution in [0.15, 0.2) is 12.5 Å². The van der Waals surface area contributed by atoms with Crippen molar-refractivity contribution >= 4 is 0 Å². The predicted molar refractivity (Wildman–Crippen MR) is 58.0 cm³/mol. The molecular formula is C10H20N4. The molecule has 4 nitrogen and oxygen atoms in total. The van der Waals surface area contributed by atoms with E-state index in [0.29, 0.717) is 6.04 Å². The average Bonchev–Trinajstić information content (AvgIpc) is 2.52. The first-order valence-electron chi connectivity index (χ1n) is 4.94. The van der Waals surface area contributed by atoms with Crippen molar-refractivity contribution in [2.45, 2.75) is 32.5 Å². The molecule has 0 bridgehead atoms. The van der Waals surface area contributed by atoms with Crippen LogP contribution in [-0.4, -0.2) is 34.6 Å². The zero-order valence-corrected chi connectivity index (χ0v) is 9.44. The summed E-state index contributed by atoms with van der Waals surface area (Å²) in [5, 5.41) is 0. The minimum absolute atomic E-state index is 0.0480. The average molecular weight is 196 g/mol. The molecule has 4 heteroatoms. The van der Waals surface area contributed by atoms with Crippen molar-refractivity contribution in [3.63, 3.8) is 0 Å². The highest BCUT2D eigenvalue weighted by Gasteiger charge is 2.10. The number of aromatic nitrogens is 2. The molecule has 0 aliphatic carbocycles. The lowest BCUT2D eigenvalue weighted by Crippen LogP contribution is -2.30. The molecule has 2 unspecified atom stereocenters. The Hall–Kier alpha value is -0.870. The first-order chi connectivity index (χ1) is 6.52. The molecule has 14 heavy (non-hydrogen) atoms. The normalized spacial score (nSPS) is 15.9. The summed E-state index contributed by atoms with van der Waals surface area (Å²) in [6.45, 7) is 5.10. The summed E-state index contributed by atoms with van der Waals surface area (Å²) in [5.74, 6) is 0. The van der Waals surface area contributed by atoms with Crippen molar-refractivity contribution in [1.82, 2.24) is 14.5 Å². The van der Waals surface area contributed by atoms with E-state index < -0.39 is 0 Å². The third kappa shape index (κ3) is 2.56. The van der Waals surface area contributed by atoms with E-state index in [1.54, 1.807) is 0 Å². The number of nitrogens with zero attached hydrogens (tertiary/aromatic N) is 3. The van der Waals surface area contributed by atoms with Gasteiger partial charge in [0.05, 0.1) is 12.0 Å². The second kappa shape index (κ2) is 4.57. The number of imidazole rings is 1. The van der Waals surface area contributed by atoms with E-state index in [-0.39, 0.29) is 6.04 Å². The van der Waals surface area contributed by atoms with E-state index in [0.717, 1.165) is 12.2 Å². The van der Waals surface area contributed by atoms with Crippen molar-refractivity contribution in [1.29, 1.82) is 0 Å². The molecule has 0 aliphatic rings. The summed E-state index contributed by atoms with van der Waals surface area (Å²) in [4.78, 5) is 6.31. The summed E-state index contributed by atoms with van der Waals surface area (Å²) >= 11 is 0. The van der Waals surface area contributed by atoms with Gasteiger partial charge >= 0.3 is 0 Å². The van der Waals surface area contributed by atoms with Crippen LogP contribution < -0.4 is 5.73 Å². The minimum Gasteiger partial charge on any atom is -0.332 e. The molecule has 80 valence electrons. The Morgan fingerprint density at radius 3 is 2.64 bits per heavy atom. The first kappa shape index (κ1) is 11.2. The van der Waals surface area contributed by atoms with Gasteiger partial charge in [0.25, 0.3) is 0 Å². The van der Waals surface area contributed by atoms with Gasteiger partial charge < -0.3 is 15.2 Å². The van der Waals surface area contributed by atoms with Crippen LogP contribution in [0.1, 0.15) is 25.6 Å². The van der Waals surface area contributed by atoms with Crippen molar-refractivity contribution in [2.24, 2.45) is 5.73 Å². The third-order valence-electron chi connectivity index (χ3n) is 2.55. The molecule has 0 fully saturated rings. The zero-order valence-electron chi connectivity index (χ0n) is 9.44. The number of likely N-dealkylation sites (N-methyl/N-ethyl adjacent to an activating group) is 1. The smallest absolute Gasteiger partial charge is 0.0949 e. The van der Waals surface area contributed by atoms with Crippen molar-refractivity contribution in [3.05, 3.63) is 18.2 Å². The van der Waals surface area contributed by atoms with E-state index >= 15 is 0 Å². The predicted octanol–water partition coefficient (Wildman–Crippen LogP) is 0.853.